The lowest BCUT2D eigenvalue weighted by Crippen LogP contribution is -2.39. The Hall–Kier alpha value is -2.93. The molecule has 0 aliphatic carbocycles. The molecule has 0 N–H and O–H groups in total. The fourth-order valence-corrected chi connectivity index (χ4v) is 4.07. The van der Waals surface area contributed by atoms with Gasteiger partial charge in [-0.1, -0.05) is 24.3 Å². The summed E-state index contributed by atoms with van der Waals surface area (Å²) >= 11 is 1.67. The van der Waals surface area contributed by atoms with Crippen molar-refractivity contribution in [2.24, 2.45) is 0 Å². The van der Waals surface area contributed by atoms with Gasteiger partial charge in [-0.3, -0.25) is 9.59 Å². The minimum Gasteiger partial charge on any atom is -0.305 e. The van der Waals surface area contributed by atoms with Crippen LogP contribution in [0.5, 0.6) is 0 Å². The highest BCUT2D eigenvalue weighted by Gasteiger charge is 2.27. The number of fused-ring (bicyclic) bond motifs is 1. The molecule has 0 atom stereocenters. The maximum atomic E-state index is 14.2. The Morgan fingerprint density at radius 2 is 1.81 bits per heavy atom. The highest BCUT2D eigenvalue weighted by atomic mass is 32.2. The first-order valence-electron chi connectivity index (χ1n) is 8.46. The molecule has 0 unspecified atom stereocenters. The summed E-state index contributed by atoms with van der Waals surface area (Å²) < 4.78 is 15.5. The number of carbonyl (C=O) groups is 1. The third-order valence-electron chi connectivity index (χ3n) is 4.36. The Labute approximate surface area is 159 Å². The lowest BCUT2D eigenvalue weighted by molar-refractivity contribution is 0.0980. The van der Waals surface area contributed by atoms with Crippen LogP contribution in [-0.4, -0.2) is 28.0 Å². The Balaban J connectivity index is 1.81. The molecule has 0 fully saturated rings. The molecule has 4 rings (SSSR count). The Morgan fingerprint density at radius 1 is 1.11 bits per heavy atom. The van der Waals surface area contributed by atoms with Gasteiger partial charge < -0.3 is 4.90 Å². The summed E-state index contributed by atoms with van der Waals surface area (Å²) in [5.74, 6) is -0.219. The molecule has 2 heterocycles. The van der Waals surface area contributed by atoms with Gasteiger partial charge in [0.1, 0.15) is 11.5 Å². The van der Waals surface area contributed by atoms with E-state index in [0.717, 1.165) is 16.3 Å². The topological polar surface area (TPSA) is 55.2 Å². The van der Waals surface area contributed by atoms with Gasteiger partial charge >= 0.3 is 0 Å². The number of aromatic nitrogens is 2. The summed E-state index contributed by atoms with van der Waals surface area (Å²) in [5.41, 5.74) is 0.721. The van der Waals surface area contributed by atoms with Crippen LogP contribution in [0.1, 0.15) is 16.2 Å². The third-order valence-corrected chi connectivity index (χ3v) is 5.41. The zero-order valence-electron chi connectivity index (χ0n) is 14.6. The van der Waals surface area contributed by atoms with E-state index in [9.17, 15) is 14.0 Å². The molecule has 0 saturated carbocycles. The van der Waals surface area contributed by atoms with Crippen molar-refractivity contribution in [1.82, 2.24) is 9.78 Å². The Morgan fingerprint density at radius 3 is 2.59 bits per heavy atom. The van der Waals surface area contributed by atoms with Crippen LogP contribution >= 0.6 is 11.8 Å². The molecular formula is C20H16FN3O2S. The SMILES string of the molecule is Cc1cc(=O)c(C(=O)N2CCSc3ccccc32)nn1-c1ccccc1F. The molecule has 0 spiro atoms. The number of hydrogen-bond acceptors (Lipinski definition) is 4. The van der Waals surface area contributed by atoms with E-state index in [4.69, 9.17) is 0 Å². The summed E-state index contributed by atoms with van der Waals surface area (Å²) in [7, 11) is 0. The molecular weight excluding hydrogens is 365 g/mol. The maximum absolute atomic E-state index is 14.2. The van der Waals surface area contributed by atoms with Gasteiger partial charge in [-0.2, -0.15) is 5.10 Å². The van der Waals surface area contributed by atoms with Gasteiger partial charge in [0.2, 0.25) is 5.43 Å². The quantitative estimate of drug-likeness (QED) is 0.682. The molecule has 5 nitrogen and oxygen atoms in total. The van der Waals surface area contributed by atoms with Crippen molar-refractivity contribution in [2.75, 3.05) is 17.2 Å². The first kappa shape index (κ1) is 17.5. The molecule has 27 heavy (non-hydrogen) atoms. The smallest absolute Gasteiger partial charge is 0.282 e. The minimum absolute atomic E-state index is 0.193. The second kappa shape index (κ2) is 7.00. The fourth-order valence-electron chi connectivity index (χ4n) is 3.07. The summed E-state index contributed by atoms with van der Waals surface area (Å²) in [6.07, 6.45) is 0. The van der Waals surface area contributed by atoms with E-state index in [1.165, 1.54) is 16.8 Å². The van der Waals surface area contributed by atoms with Crippen LogP contribution in [0.25, 0.3) is 5.69 Å². The predicted octanol–water partition coefficient (Wildman–Crippen LogP) is 3.43. The highest BCUT2D eigenvalue weighted by Crippen LogP contribution is 2.34. The summed E-state index contributed by atoms with van der Waals surface area (Å²) in [5, 5.41) is 4.22. The number of para-hydroxylation sites is 2. The van der Waals surface area contributed by atoms with Crippen LogP contribution in [0.4, 0.5) is 10.1 Å². The van der Waals surface area contributed by atoms with Crippen molar-refractivity contribution >= 4 is 23.4 Å². The lowest BCUT2D eigenvalue weighted by atomic mass is 10.2. The predicted molar refractivity (Wildman–Crippen MR) is 103 cm³/mol. The second-order valence-electron chi connectivity index (χ2n) is 6.13. The van der Waals surface area contributed by atoms with E-state index in [1.807, 2.05) is 24.3 Å². The molecule has 3 aromatic rings. The van der Waals surface area contributed by atoms with E-state index in [-0.39, 0.29) is 11.4 Å². The van der Waals surface area contributed by atoms with E-state index in [2.05, 4.69) is 5.10 Å². The number of hydrogen-bond donors (Lipinski definition) is 0. The molecule has 0 saturated heterocycles. The molecule has 0 radical (unpaired) electrons. The number of nitrogens with zero attached hydrogens (tertiary/aromatic N) is 3. The van der Waals surface area contributed by atoms with Gasteiger partial charge in [0.25, 0.3) is 5.91 Å². The van der Waals surface area contributed by atoms with Gasteiger partial charge in [-0.05, 0) is 31.2 Å². The normalized spacial score (nSPS) is 13.3. The fraction of sp³-hybridized carbons (Fsp3) is 0.150. The zero-order valence-corrected chi connectivity index (χ0v) is 15.4. The first-order chi connectivity index (χ1) is 13.1. The average Bonchev–Trinajstić information content (AvgIpc) is 2.68. The van der Waals surface area contributed by atoms with Gasteiger partial charge in [-0.25, -0.2) is 9.07 Å². The number of rotatable bonds is 2. The van der Waals surface area contributed by atoms with E-state index in [0.29, 0.717) is 12.2 Å². The van der Waals surface area contributed by atoms with Gasteiger partial charge in [0.05, 0.1) is 5.69 Å². The van der Waals surface area contributed by atoms with Gasteiger partial charge in [0.15, 0.2) is 5.69 Å². The van der Waals surface area contributed by atoms with Crippen LogP contribution in [0.15, 0.2) is 64.3 Å². The van der Waals surface area contributed by atoms with E-state index in [1.54, 1.807) is 41.8 Å². The average molecular weight is 381 g/mol. The van der Waals surface area contributed by atoms with Crippen LogP contribution in [-0.2, 0) is 0 Å². The molecule has 136 valence electrons. The molecule has 1 aliphatic rings. The Kier molecular flexibility index (Phi) is 4.53. The van der Waals surface area contributed by atoms with E-state index >= 15 is 0 Å². The number of thioether (sulfide) groups is 1. The largest absolute Gasteiger partial charge is 0.305 e. The van der Waals surface area contributed by atoms with Crippen LogP contribution in [0.3, 0.4) is 0 Å². The summed E-state index contributed by atoms with van der Waals surface area (Å²) in [6, 6.07) is 15.0. The third kappa shape index (κ3) is 3.14. The molecule has 1 amide bonds. The highest BCUT2D eigenvalue weighted by molar-refractivity contribution is 7.99. The molecule has 1 aromatic heterocycles. The second-order valence-corrected chi connectivity index (χ2v) is 7.27. The van der Waals surface area contributed by atoms with Crippen molar-refractivity contribution in [1.29, 1.82) is 0 Å². The van der Waals surface area contributed by atoms with E-state index < -0.39 is 17.2 Å². The summed E-state index contributed by atoms with van der Waals surface area (Å²) in [6.45, 7) is 2.14. The number of benzene rings is 2. The first-order valence-corrected chi connectivity index (χ1v) is 9.44. The van der Waals surface area contributed by atoms with Crippen molar-refractivity contribution in [3.05, 3.63) is 82.0 Å². The van der Waals surface area contributed by atoms with Crippen LogP contribution < -0.4 is 10.3 Å². The zero-order chi connectivity index (χ0) is 19.0. The molecule has 0 bridgehead atoms. The monoisotopic (exact) mass is 381 g/mol. The van der Waals surface area contributed by atoms with Crippen LogP contribution in [0.2, 0.25) is 0 Å². The Bertz CT molecular complexity index is 1100. The van der Waals surface area contributed by atoms with Crippen molar-refractivity contribution in [2.45, 2.75) is 11.8 Å². The number of aryl methyl sites for hydroxylation is 1. The number of anilines is 1. The molecule has 7 heteroatoms. The standard InChI is InChI=1S/C20H16FN3O2S/c1-13-12-17(25)19(22-24(13)15-7-3-2-6-14(15)21)20(26)23-10-11-27-18-9-5-4-8-16(18)23/h2-9,12H,10-11H2,1H3. The summed E-state index contributed by atoms with van der Waals surface area (Å²) in [4.78, 5) is 28.1. The van der Waals surface area contributed by atoms with Gasteiger partial charge in [0, 0.05) is 29.0 Å². The molecule has 1 aliphatic heterocycles. The maximum Gasteiger partial charge on any atom is 0.282 e. The minimum atomic E-state index is -0.477. The van der Waals surface area contributed by atoms with Gasteiger partial charge in [-0.15, -0.1) is 11.8 Å². The number of carbonyl (C=O) groups excluding carboxylic acids is 1. The molecule has 2 aromatic carbocycles. The van der Waals surface area contributed by atoms with Crippen molar-refractivity contribution < 1.29 is 9.18 Å². The lowest BCUT2D eigenvalue weighted by Gasteiger charge is -2.28. The number of amides is 1. The van der Waals surface area contributed by atoms with Crippen molar-refractivity contribution in [3.63, 3.8) is 0 Å². The number of halogens is 1. The van der Waals surface area contributed by atoms with Crippen LogP contribution in [0, 0.1) is 12.7 Å². The van der Waals surface area contributed by atoms with Crippen molar-refractivity contribution in [3.8, 4) is 5.69 Å².